The minimum absolute atomic E-state index is 0.0921. The van der Waals surface area contributed by atoms with Gasteiger partial charge < -0.3 is 14.7 Å². The summed E-state index contributed by atoms with van der Waals surface area (Å²) in [6.07, 6.45) is -2.08. The predicted octanol–water partition coefficient (Wildman–Crippen LogP) is 4.60. The topological polar surface area (TPSA) is 122 Å². The molecule has 1 aliphatic rings. The molecular weight excluding hydrogens is 537 g/mol. The summed E-state index contributed by atoms with van der Waals surface area (Å²) in [5, 5.41) is 8.47. The fraction of sp³-hybridized carbons (Fsp3) is 0.346. The maximum Gasteiger partial charge on any atom is 0.418 e. The highest BCUT2D eigenvalue weighted by atomic mass is 32.2. The van der Waals surface area contributed by atoms with Gasteiger partial charge in [0.25, 0.3) is 10.0 Å². The first-order valence-corrected chi connectivity index (χ1v) is 13.7. The van der Waals surface area contributed by atoms with E-state index < -0.39 is 34.3 Å². The monoisotopic (exact) mass is 564 g/mol. The van der Waals surface area contributed by atoms with Crippen molar-refractivity contribution in [2.45, 2.75) is 36.9 Å². The molecule has 0 saturated heterocycles. The third-order valence-corrected chi connectivity index (χ3v) is 7.38. The summed E-state index contributed by atoms with van der Waals surface area (Å²) in [7, 11) is -4.31. The first-order valence-electron chi connectivity index (χ1n) is 12.3. The number of halogens is 3. The molecule has 0 atom stereocenters. The number of nitrogens with one attached hydrogen (secondary N) is 1. The average molecular weight is 565 g/mol. The molecular formula is C26H27F3N4O5S. The lowest BCUT2D eigenvalue weighted by molar-refractivity contribution is -0.142. The summed E-state index contributed by atoms with van der Waals surface area (Å²) in [4.78, 5) is 21.0. The van der Waals surface area contributed by atoms with Crippen molar-refractivity contribution in [2.24, 2.45) is 0 Å². The van der Waals surface area contributed by atoms with Crippen molar-refractivity contribution < 1.29 is 36.2 Å². The highest BCUT2D eigenvalue weighted by Crippen LogP contribution is 2.38. The second-order valence-electron chi connectivity index (χ2n) is 8.93. The van der Waals surface area contributed by atoms with Crippen molar-refractivity contribution >= 4 is 27.6 Å². The molecule has 39 heavy (non-hydrogen) atoms. The minimum atomic E-state index is -4.69. The Hall–Kier alpha value is -3.71. The molecule has 208 valence electrons. The normalized spacial score (nSPS) is 15.7. The van der Waals surface area contributed by atoms with Gasteiger partial charge in [0.2, 0.25) is 0 Å². The van der Waals surface area contributed by atoms with Crippen LogP contribution >= 0.6 is 0 Å². The molecule has 2 aromatic heterocycles. The van der Waals surface area contributed by atoms with Crippen molar-refractivity contribution in [3.05, 3.63) is 65.7 Å². The Balaban J connectivity index is 1.74. The number of fused-ring (bicyclic) bond motifs is 6. The standard InChI is InChI=1S/C26H27F3N4O5S/c27-26(28,29)20-12-13-21-30-25(20)19-9-4-3-8-18(19)7-2-1-5-14-33(15-16-38-17-24(34)35)22-10-6-11-23(31-22)39(36,37)32-21/h3-4,6,8-13H,1-2,5,7,14-17H2,(H,30,32)(H,34,35). The van der Waals surface area contributed by atoms with Crippen molar-refractivity contribution in [1.29, 1.82) is 0 Å². The van der Waals surface area contributed by atoms with Crippen molar-refractivity contribution in [3.63, 3.8) is 0 Å². The van der Waals surface area contributed by atoms with E-state index in [1.807, 2.05) is 4.90 Å². The smallest absolute Gasteiger partial charge is 0.418 e. The zero-order valence-electron chi connectivity index (χ0n) is 20.8. The van der Waals surface area contributed by atoms with Gasteiger partial charge >= 0.3 is 12.1 Å². The number of anilines is 2. The first kappa shape index (κ1) is 28.3. The number of benzene rings is 1. The van der Waals surface area contributed by atoms with Crippen molar-refractivity contribution in [2.75, 3.05) is 35.9 Å². The van der Waals surface area contributed by atoms with Gasteiger partial charge in [0.15, 0.2) is 5.03 Å². The summed E-state index contributed by atoms with van der Waals surface area (Å²) in [6.45, 7) is 0.403. The number of rotatable bonds is 5. The van der Waals surface area contributed by atoms with E-state index in [1.165, 1.54) is 12.1 Å². The molecule has 0 saturated carbocycles. The highest BCUT2D eigenvalue weighted by molar-refractivity contribution is 7.92. The molecule has 0 aliphatic carbocycles. The molecule has 1 aromatic carbocycles. The van der Waals surface area contributed by atoms with Crippen molar-refractivity contribution in [1.82, 2.24) is 9.97 Å². The van der Waals surface area contributed by atoms with Crippen LogP contribution in [0.25, 0.3) is 11.3 Å². The highest BCUT2D eigenvalue weighted by Gasteiger charge is 2.35. The van der Waals surface area contributed by atoms with E-state index in [-0.39, 0.29) is 35.3 Å². The molecule has 9 nitrogen and oxygen atoms in total. The van der Waals surface area contributed by atoms with Gasteiger partial charge in [0.1, 0.15) is 18.2 Å². The number of sulfonamides is 1. The summed E-state index contributed by atoms with van der Waals surface area (Å²) in [6, 6.07) is 12.9. The lowest BCUT2D eigenvalue weighted by Gasteiger charge is -2.24. The van der Waals surface area contributed by atoms with E-state index in [4.69, 9.17) is 9.84 Å². The molecule has 0 spiro atoms. The van der Waals surface area contributed by atoms with Crippen LogP contribution < -0.4 is 9.62 Å². The van der Waals surface area contributed by atoms with Crippen LogP contribution in [-0.2, 0) is 32.2 Å². The molecule has 1 aliphatic heterocycles. The van der Waals surface area contributed by atoms with Gasteiger partial charge in [-0.2, -0.15) is 21.6 Å². The number of aromatic nitrogens is 2. The predicted molar refractivity (Wildman–Crippen MR) is 138 cm³/mol. The van der Waals surface area contributed by atoms with E-state index in [1.54, 1.807) is 30.3 Å². The summed E-state index contributed by atoms with van der Waals surface area (Å²) < 4.78 is 75.5. The number of carboxylic acid groups (broad SMARTS) is 1. The maximum atomic E-state index is 13.9. The van der Waals surface area contributed by atoms with E-state index in [2.05, 4.69) is 14.7 Å². The van der Waals surface area contributed by atoms with Gasteiger partial charge in [-0.25, -0.2) is 14.8 Å². The molecule has 0 unspecified atom stereocenters. The van der Waals surface area contributed by atoms with Crippen LogP contribution in [0.2, 0.25) is 0 Å². The van der Waals surface area contributed by atoms with Gasteiger partial charge in [-0.3, -0.25) is 4.72 Å². The second kappa shape index (κ2) is 12.0. The van der Waals surface area contributed by atoms with E-state index in [0.29, 0.717) is 37.2 Å². The third kappa shape index (κ3) is 7.24. The maximum absolute atomic E-state index is 13.9. The number of nitrogens with zero attached hydrogens (tertiary/aromatic N) is 3. The summed E-state index contributed by atoms with van der Waals surface area (Å²) in [5.41, 5.74) is -0.344. The fourth-order valence-electron chi connectivity index (χ4n) is 4.31. The van der Waals surface area contributed by atoms with Crippen LogP contribution in [0.15, 0.2) is 59.6 Å². The van der Waals surface area contributed by atoms with Crippen molar-refractivity contribution in [3.8, 4) is 11.3 Å². The number of hydrogen-bond donors (Lipinski definition) is 2. The number of aryl methyl sites for hydroxylation is 1. The molecule has 4 bridgehead atoms. The Kier molecular flexibility index (Phi) is 8.70. The summed E-state index contributed by atoms with van der Waals surface area (Å²) >= 11 is 0. The average Bonchev–Trinajstić information content (AvgIpc) is 2.88. The second-order valence-corrected chi connectivity index (χ2v) is 10.6. The molecule has 3 aromatic rings. The number of hydrogen-bond acceptors (Lipinski definition) is 7. The molecule has 3 heterocycles. The van der Waals surface area contributed by atoms with Gasteiger partial charge in [0.05, 0.1) is 17.9 Å². The number of alkyl halides is 3. The van der Waals surface area contributed by atoms with E-state index >= 15 is 0 Å². The van der Waals surface area contributed by atoms with Crippen LogP contribution in [0.5, 0.6) is 0 Å². The van der Waals surface area contributed by atoms with Gasteiger partial charge in [-0.1, -0.05) is 36.8 Å². The number of carboxylic acids is 1. The van der Waals surface area contributed by atoms with Crippen LogP contribution in [0, 0.1) is 0 Å². The SMILES string of the molecule is O=C(O)COCCN1CCCCCc2ccccc2-c2nc(ccc2C(F)(F)F)NS(=O)(=O)c2cccc1n2. The quantitative estimate of drug-likeness (QED) is 0.432. The number of carbonyl (C=O) groups is 1. The molecule has 2 N–H and O–H groups in total. The number of pyridine rings is 2. The zero-order chi connectivity index (χ0) is 28.0. The molecule has 4 rings (SSSR count). The van der Waals surface area contributed by atoms with Gasteiger partial charge in [0, 0.05) is 18.7 Å². The van der Waals surface area contributed by atoms with Gasteiger partial charge in [-0.15, -0.1) is 0 Å². The molecule has 0 fully saturated rings. The summed E-state index contributed by atoms with van der Waals surface area (Å²) in [5.74, 6) is -1.03. The Morgan fingerprint density at radius 2 is 1.82 bits per heavy atom. The number of ether oxygens (including phenoxy) is 1. The van der Waals surface area contributed by atoms with Crippen LogP contribution in [0.3, 0.4) is 0 Å². The Bertz CT molecular complexity index is 1430. The van der Waals surface area contributed by atoms with Crippen LogP contribution in [0.4, 0.5) is 24.8 Å². The lowest BCUT2D eigenvalue weighted by atomic mass is 9.96. The lowest BCUT2D eigenvalue weighted by Crippen LogP contribution is -2.30. The van der Waals surface area contributed by atoms with E-state index in [0.717, 1.165) is 18.6 Å². The first-order chi connectivity index (χ1) is 18.5. The molecule has 0 radical (unpaired) electrons. The largest absolute Gasteiger partial charge is 0.480 e. The Morgan fingerprint density at radius 1 is 1.03 bits per heavy atom. The zero-order valence-corrected chi connectivity index (χ0v) is 21.6. The van der Waals surface area contributed by atoms with E-state index in [9.17, 15) is 26.4 Å². The number of aliphatic carboxylic acids is 1. The third-order valence-electron chi connectivity index (χ3n) is 6.13. The fourth-order valence-corrected chi connectivity index (χ4v) is 5.27. The molecule has 13 heteroatoms. The Labute approximate surface area is 223 Å². The van der Waals surface area contributed by atoms with Crippen LogP contribution in [-0.4, -0.2) is 55.8 Å². The Morgan fingerprint density at radius 3 is 2.59 bits per heavy atom. The van der Waals surface area contributed by atoms with Crippen LogP contribution in [0.1, 0.15) is 30.4 Å². The molecule has 0 amide bonds. The minimum Gasteiger partial charge on any atom is -0.480 e. The van der Waals surface area contributed by atoms with Gasteiger partial charge in [-0.05, 0) is 49.1 Å².